The molecule has 2 aliphatic rings. The number of aliphatic hydroxyl groups excluding tert-OH is 1. The second-order valence-corrected chi connectivity index (χ2v) is 11.7. The lowest BCUT2D eigenvalue weighted by atomic mass is 9.96. The van der Waals surface area contributed by atoms with Crippen molar-refractivity contribution >= 4 is 29.3 Å². The second kappa shape index (κ2) is 13.9. The van der Waals surface area contributed by atoms with Crippen LogP contribution in [0.3, 0.4) is 0 Å². The molecule has 0 saturated heterocycles. The smallest absolute Gasteiger partial charge is 0.321 e. The molecule has 1 aromatic heterocycles. The monoisotopic (exact) mass is 584 g/mol. The van der Waals surface area contributed by atoms with Crippen LogP contribution in [0, 0.1) is 19.8 Å². The Morgan fingerprint density at radius 1 is 1.19 bits per heavy atom. The minimum atomic E-state index is -0.475. The normalized spacial score (nSPS) is 20.3. The van der Waals surface area contributed by atoms with E-state index in [4.69, 9.17) is 9.26 Å². The van der Waals surface area contributed by atoms with Crippen LogP contribution in [0.1, 0.15) is 63.0 Å². The number of likely N-dealkylation sites (N-methyl/N-ethyl adjacent to an activating group) is 1. The zero-order valence-corrected chi connectivity index (χ0v) is 25.2. The fourth-order valence-electron chi connectivity index (χ4n) is 5.54. The van der Waals surface area contributed by atoms with Crippen molar-refractivity contribution < 1.29 is 28.8 Å². The van der Waals surface area contributed by atoms with Crippen LogP contribution in [0.5, 0.6) is 5.75 Å². The average Bonchev–Trinajstić information content (AvgIpc) is 3.29. The van der Waals surface area contributed by atoms with Gasteiger partial charge in [-0.2, -0.15) is 0 Å². The van der Waals surface area contributed by atoms with Gasteiger partial charge in [-0.25, -0.2) is 9.59 Å². The molecule has 2 heterocycles. The molecule has 1 aliphatic heterocycles. The van der Waals surface area contributed by atoms with Crippen molar-refractivity contribution in [2.75, 3.05) is 37.4 Å². The first-order valence-electron chi connectivity index (χ1n) is 14.8. The summed E-state index contributed by atoms with van der Waals surface area (Å²) in [5, 5.41) is 22.6. The molecular formula is C30H44N6O6. The topological polar surface area (TPSA) is 149 Å². The second-order valence-electron chi connectivity index (χ2n) is 11.7. The van der Waals surface area contributed by atoms with Crippen LogP contribution in [-0.4, -0.2) is 83.0 Å². The first-order valence-corrected chi connectivity index (χ1v) is 14.8. The van der Waals surface area contributed by atoms with Gasteiger partial charge in [-0.05, 0) is 51.8 Å². The van der Waals surface area contributed by atoms with Gasteiger partial charge >= 0.3 is 12.1 Å². The lowest BCUT2D eigenvalue weighted by Gasteiger charge is -2.34. The average molecular weight is 585 g/mol. The number of nitrogens with one attached hydrogen (secondary N) is 3. The molecule has 5 amide bonds. The van der Waals surface area contributed by atoms with Crippen LogP contribution in [0.2, 0.25) is 0 Å². The predicted molar refractivity (Wildman–Crippen MR) is 159 cm³/mol. The molecule has 1 aliphatic carbocycles. The molecule has 0 spiro atoms. The quantitative estimate of drug-likeness (QED) is 0.383. The number of hydrogen-bond acceptors (Lipinski definition) is 7. The number of amides is 5. The van der Waals surface area contributed by atoms with Gasteiger partial charge in [0.15, 0.2) is 5.76 Å². The summed E-state index contributed by atoms with van der Waals surface area (Å²) in [7, 11) is 1.67. The Bertz CT molecular complexity index is 1240. The highest BCUT2D eigenvalue weighted by atomic mass is 16.5. The molecule has 0 radical (unpaired) electrons. The number of carbonyl (C=O) groups excluding carboxylic acids is 3. The van der Waals surface area contributed by atoms with Crippen molar-refractivity contribution in [3.8, 4) is 5.75 Å². The third-order valence-corrected chi connectivity index (χ3v) is 8.18. The molecule has 12 nitrogen and oxygen atoms in total. The highest BCUT2D eigenvalue weighted by Gasteiger charge is 2.32. The summed E-state index contributed by atoms with van der Waals surface area (Å²) in [6, 6.07) is 4.42. The number of fused-ring (bicyclic) bond motifs is 1. The standard InChI is InChI=1S/C30H44N6O6/c1-18-15-36(19(2)17-37)27(38)14-22-13-24(32-29(39)31-23-9-7-6-8-10-23)11-12-25(22)41-26(18)16-35(5)30(40)33-28-20(3)34-42-21(28)4/h11-13,18-19,23,26,37H,6-10,14-17H2,1-5H3,(H,33,40)(H2,31,32,39)/t18-,19+,26-/m0/s1. The number of nitrogens with zero attached hydrogens (tertiary/aromatic N) is 3. The predicted octanol–water partition coefficient (Wildman–Crippen LogP) is 4.06. The molecule has 42 heavy (non-hydrogen) atoms. The number of rotatable bonds is 7. The van der Waals surface area contributed by atoms with Crippen molar-refractivity contribution in [1.82, 2.24) is 20.3 Å². The van der Waals surface area contributed by atoms with Gasteiger partial charge in [0.2, 0.25) is 5.91 Å². The molecule has 230 valence electrons. The fraction of sp³-hybridized carbons (Fsp3) is 0.600. The van der Waals surface area contributed by atoms with E-state index < -0.39 is 12.1 Å². The molecule has 1 aromatic carbocycles. The van der Waals surface area contributed by atoms with Crippen LogP contribution in [-0.2, 0) is 11.2 Å². The molecule has 1 fully saturated rings. The SMILES string of the molecule is Cc1noc(C)c1NC(=O)N(C)C[C@@H]1Oc2ccc(NC(=O)NC3CCCCC3)cc2CC(=O)N([C@H](C)CO)C[C@@H]1C. The molecule has 3 atom stereocenters. The number of hydrogen-bond donors (Lipinski definition) is 4. The maximum atomic E-state index is 13.5. The third-order valence-electron chi connectivity index (χ3n) is 8.18. The van der Waals surface area contributed by atoms with E-state index in [9.17, 15) is 19.5 Å². The number of aromatic nitrogens is 1. The molecular weight excluding hydrogens is 540 g/mol. The van der Waals surface area contributed by atoms with Gasteiger partial charge in [-0.1, -0.05) is 31.3 Å². The van der Waals surface area contributed by atoms with Crippen LogP contribution in [0.15, 0.2) is 22.7 Å². The van der Waals surface area contributed by atoms with E-state index >= 15 is 0 Å². The summed E-state index contributed by atoms with van der Waals surface area (Å²) in [6.45, 7) is 7.64. The molecule has 2 aromatic rings. The van der Waals surface area contributed by atoms with Gasteiger partial charge < -0.3 is 40.1 Å². The summed E-state index contributed by atoms with van der Waals surface area (Å²) < 4.78 is 11.7. The van der Waals surface area contributed by atoms with E-state index in [0.29, 0.717) is 40.7 Å². The Kier molecular flexibility index (Phi) is 10.3. The van der Waals surface area contributed by atoms with Gasteiger partial charge in [0.1, 0.15) is 23.2 Å². The third kappa shape index (κ3) is 7.72. The Hall–Kier alpha value is -3.80. The van der Waals surface area contributed by atoms with Crippen LogP contribution in [0.25, 0.3) is 0 Å². The molecule has 4 rings (SSSR count). The van der Waals surface area contributed by atoms with E-state index in [1.807, 2.05) is 6.92 Å². The summed E-state index contributed by atoms with van der Waals surface area (Å²) in [5.41, 5.74) is 2.29. The van der Waals surface area contributed by atoms with E-state index in [-0.39, 0.29) is 49.5 Å². The maximum Gasteiger partial charge on any atom is 0.321 e. The first-order chi connectivity index (χ1) is 20.0. The summed E-state index contributed by atoms with van der Waals surface area (Å²) in [6.07, 6.45) is 4.95. The Balaban J connectivity index is 1.54. The van der Waals surface area contributed by atoms with Gasteiger partial charge in [-0.3, -0.25) is 4.79 Å². The van der Waals surface area contributed by atoms with Crippen molar-refractivity contribution in [2.24, 2.45) is 5.92 Å². The highest BCUT2D eigenvalue weighted by Crippen LogP contribution is 2.29. The molecule has 1 saturated carbocycles. The fourth-order valence-corrected chi connectivity index (χ4v) is 5.54. The zero-order valence-electron chi connectivity index (χ0n) is 25.2. The van der Waals surface area contributed by atoms with E-state index in [0.717, 1.165) is 25.7 Å². The van der Waals surface area contributed by atoms with E-state index in [2.05, 4.69) is 21.1 Å². The number of urea groups is 2. The Morgan fingerprint density at radius 2 is 1.93 bits per heavy atom. The summed E-state index contributed by atoms with van der Waals surface area (Å²) in [5.74, 6) is 0.695. The highest BCUT2D eigenvalue weighted by molar-refractivity contribution is 5.91. The minimum Gasteiger partial charge on any atom is -0.488 e. The Labute approximate surface area is 247 Å². The van der Waals surface area contributed by atoms with Crippen LogP contribution < -0.4 is 20.7 Å². The number of aryl methyl sites for hydroxylation is 2. The lowest BCUT2D eigenvalue weighted by Crippen LogP contribution is -2.48. The van der Waals surface area contributed by atoms with Gasteiger partial charge in [0.25, 0.3) is 0 Å². The first kappa shape index (κ1) is 31.1. The van der Waals surface area contributed by atoms with Crippen LogP contribution >= 0.6 is 0 Å². The minimum absolute atomic E-state index is 0.0429. The van der Waals surface area contributed by atoms with Crippen molar-refractivity contribution in [2.45, 2.75) is 84.4 Å². The number of benzene rings is 1. The van der Waals surface area contributed by atoms with Gasteiger partial charge in [0.05, 0.1) is 25.6 Å². The summed E-state index contributed by atoms with van der Waals surface area (Å²) in [4.78, 5) is 42.4. The molecule has 0 bridgehead atoms. The number of anilines is 2. The largest absolute Gasteiger partial charge is 0.488 e. The van der Waals surface area contributed by atoms with E-state index in [1.54, 1.807) is 50.9 Å². The molecule has 12 heteroatoms. The summed E-state index contributed by atoms with van der Waals surface area (Å²) >= 11 is 0. The van der Waals surface area contributed by atoms with Crippen LogP contribution in [0.4, 0.5) is 21.0 Å². The van der Waals surface area contributed by atoms with Crippen molar-refractivity contribution in [3.05, 3.63) is 35.2 Å². The number of ether oxygens (including phenoxy) is 1. The van der Waals surface area contributed by atoms with Crippen molar-refractivity contribution in [3.63, 3.8) is 0 Å². The lowest BCUT2D eigenvalue weighted by molar-refractivity contribution is -0.134. The van der Waals surface area contributed by atoms with Crippen molar-refractivity contribution in [1.29, 1.82) is 0 Å². The van der Waals surface area contributed by atoms with Gasteiger partial charge in [0, 0.05) is 36.8 Å². The molecule has 0 unspecified atom stereocenters. The van der Waals surface area contributed by atoms with Gasteiger partial charge in [-0.15, -0.1) is 0 Å². The Morgan fingerprint density at radius 3 is 2.60 bits per heavy atom. The maximum absolute atomic E-state index is 13.5. The number of carbonyl (C=O) groups is 3. The molecule has 4 N–H and O–H groups in total. The zero-order chi connectivity index (χ0) is 30.4. The van der Waals surface area contributed by atoms with E-state index in [1.165, 1.54) is 11.3 Å². The number of aliphatic hydroxyl groups is 1.